The minimum Gasteiger partial charge on any atom is -0.448 e. The number of fused-ring (bicyclic) bond motifs is 1. The monoisotopic (exact) mass is 723 g/mol. The van der Waals surface area contributed by atoms with Crippen LogP contribution in [0, 0.1) is 0 Å². The fraction of sp³-hybridized carbons (Fsp3) is 0.472. The predicted molar refractivity (Wildman–Crippen MR) is 185 cm³/mol. The molecular formula is C36H42F3N8O5+. The smallest absolute Gasteiger partial charge is 0.448 e. The molecule has 7 rings (SSSR count). The highest BCUT2D eigenvalue weighted by Gasteiger charge is 2.54. The molecule has 5 atom stereocenters. The van der Waals surface area contributed by atoms with Crippen LogP contribution in [-0.2, 0) is 19.1 Å². The summed E-state index contributed by atoms with van der Waals surface area (Å²) in [6.07, 6.45) is -8.25. The second-order valence-corrected chi connectivity index (χ2v) is 13.5. The molecule has 3 fully saturated rings. The summed E-state index contributed by atoms with van der Waals surface area (Å²) in [4.78, 5) is 39.8. The maximum Gasteiger partial charge on any atom is 0.490 e. The van der Waals surface area contributed by atoms with E-state index in [1.54, 1.807) is 6.92 Å². The average molecular weight is 724 g/mol. The van der Waals surface area contributed by atoms with Crippen LogP contribution in [0.25, 0.3) is 11.2 Å². The summed E-state index contributed by atoms with van der Waals surface area (Å²) < 4.78 is 53.0. The maximum atomic E-state index is 13.5. The van der Waals surface area contributed by atoms with Gasteiger partial charge in [0.25, 0.3) is 5.91 Å². The molecule has 5 heterocycles. The number of carbonyl (C=O) groups is 2. The van der Waals surface area contributed by atoms with Crippen molar-refractivity contribution < 1.29 is 37.3 Å². The summed E-state index contributed by atoms with van der Waals surface area (Å²) >= 11 is 0. The molecule has 4 aromatic rings. The molecule has 4 N–H and O–H groups in total. The van der Waals surface area contributed by atoms with Crippen LogP contribution in [0.1, 0.15) is 49.5 Å². The number of hydrogen-bond donors (Lipinski definition) is 4. The number of aliphatic hydroxyl groups excluding tert-OH is 1. The first-order valence-corrected chi connectivity index (χ1v) is 17.7. The highest BCUT2D eigenvalue weighted by Crippen LogP contribution is 2.39. The van der Waals surface area contributed by atoms with Gasteiger partial charge in [-0.2, -0.15) is 23.1 Å². The van der Waals surface area contributed by atoms with Crippen LogP contribution in [0.5, 0.6) is 0 Å². The summed E-state index contributed by atoms with van der Waals surface area (Å²) in [6.45, 7) is 5.46. The van der Waals surface area contributed by atoms with Crippen LogP contribution in [0.4, 0.5) is 24.9 Å². The van der Waals surface area contributed by atoms with Gasteiger partial charge in [-0.05, 0) is 18.1 Å². The van der Waals surface area contributed by atoms with Gasteiger partial charge in [-0.25, -0.2) is 9.78 Å². The fourth-order valence-corrected chi connectivity index (χ4v) is 7.78. The maximum absolute atomic E-state index is 13.5. The zero-order chi connectivity index (χ0) is 36.5. The summed E-state index contributed by atoms with van der Waals surface area (Å²) in [5.74, 6) is -2.44. The first kappa shape index (κ1) is 35.7. The molecule has 52 heavy (non-hydrogen) atoms. The molecule has 16 heteroatoms. The standard InChI is InChI=1S/C36H41F3N8O5/c1-2-41-32(49)28-27(48)29(52-34(50)36(37,38)39)33(51-28)46-21-43-26-30(42-20-25(22-11-5-3-6-12-22)23-13-7-4-8-14-23)44-35(45-31(26)46)47(17-9-10-18-47)24-15-16-40-19-24/h3-8,11-14,21,24-25,27-29,33,40,48H,2,9-10,15-20H2,1H3,(H-,41,42,44,45,49)/p+1/t24-,27-,28+,29-,33-/m1/s1. The molecule has 1 amide bonds. The van der Waals surface area contributed by atoms with Gasteiger partial charge in [0.15, 0.2) is 35.4 Å². The number of anilines is 1. The lowest BCUT2D eigenvalue weighted by atomic mass is 9.91. The van der Waals surface area contributed by atoms with Gasteiger partial charge in [-0.3, -0.25) is 13.8 Å². The van der Waals surface area contributed by atoms with Crippen LogP contribution >= 0.6 is 0 Å². The molecule has 3 aliphatic rings. The molecule has 2 aromatic heterocycles. The Hall–Kier alpha value is -4.64. The Morgan fingerprint density at radius 1 is 1.08 bits per heavy atom. The van der Waals surface area contributed by atoms with E-state index in [1.807, 2.05) is 36.4 Å². The molecule has 2 aromatic carbocycles. The molecule has 0 unspecified atom stereocenters. The molecule has 0 radical (unpaired) electrons. The number of amides is 1. The normalized spacial score (nSPS) is 24.4. The lowest BCUT2D eigenvalue weighted by Gasteiger charge is -2.36. The Bertz CT molecular complexity index is 1830. The number of alkyl halides is 3. The quantitative estimate of drug-likeness (QED) is 0.134. The van der Waals surface area contributed by atoms with Crippen molar-refractivity contribution in [2.45, 2.75) is 68.9 Å². The zero-order valence-electron chi connectivity index (χ0n) is 28.6. The van der Waals surface area contributed by atoms with Gasteiger partial charge < -0.3 is 30.5 Å². The van der Waals surface area contributed by atoms with Gasteiger partial charge in [0, 0.05) is 51.4 Å². The van der Waals surface area contributed by atoms with Crippen molar-refractivity contribution in [1.29, 1.82) is 0 Å². The van der Waals surface area contributed by atoms with E-state index in [9.17, 15) is 27.9 Å². The number of nitrogens with one attached hydrogen (secondary N) is 3. The van der Waals surface area contributed by atoms with Crippen molar-refractivity contribution in [1.82, 2.24) is 34.6 Å². The van der Waals surface area contributed by atoms with Crippen LogP contribution in [0.15, 0.2) is 67.0 Å². The zero-order valence-corrected chi connectivity index (χ0v) is 28.6. The van der Waals surface area contributed by atoms with Gasteiger partial charge in [0.05, 0.1) is 19.4 Å². The van der Waals surface area contributed by atoms with Crippen LogP contribution in [-0.4, -0.2) is 106 Å². The largest absolute Gasteiger partial charge is 0.490 e. The number of quaternary nitrogens is 1. The highest BCUT2D eigenvalue weighted by molar-refractivity contribution is 5.85. The molecule has 0 saturated carbocycles. The summed E-state index contributed by atoms with van der Waals surface area (Å²) in [7, 11) is 0. The molecule has 0 bridgehead atoms. The number of halogens is 3. The third-order valence-electron chi connectivity index (χ3n) is 10.4. The number of nitrogens with zero attached hydrogens (tertiary/aromatic N) is 5. The van der Waals surface area contributed by atoms with E-state index < -0.39 is 42.6 Å². The van der Waals surface area contributed by atoms with Crippen molar-refractivity contribution in [3.8, 4) is 0 Å². The van der Waals surface area contributed by atoms with Gasteiger partial charge in [0.1, 0.15) is 12.1 Å². The van der Waals surface area contributed by atoms with Crippen molar-refractivity contribution in [2.24, 2.45) is 0 Å². The number of benzene rings is 2. The van der Waals surface area contributed by atoms with E-state index in [0.29, 0.717) is 28.3 Å². The molecule has 0 aliphatic carbocycles. The minimum atomic E-state index is -5.35. The van der Waals surface area contributed by atoms with Crippen molar-refractivity contribution in [3.05, 3.63) is 78.1 Å². The molecule has 13 nitrogen and oxygen atoms in total. The van der Waals surface area contributed by atoms with Gasteiger partial charge in [-0.15, -0.1) is 0 Å². The molecule has 3 saturated heterocycles. The predicted octanol–water partition coefficient (Wildman–Crippen LogP) is 3.40. The first-order chi connectivity index (χ1) is 25.1. The van der Waals surface area contributed by atoms with Gasteiger partial charge >= 0.3 is 18.1 Å². The Morgan fingerprint density at radius 3 is 2.35 bits per heavy atom. The number of likely N-dealkylation sites (N-methyl/N-ethyl adjacent to an activating group) is 1. The number of esters is 1. The van der Waals surface area contributed by atoms with E-state index in [-0.39, 0.29) is 24.2 Å². The highest BCUT2D eigenvalue weighted by atomic mass is 19.4. The van der Waals surface area contributed by atoms with Gasteiger partial charge in [-0.1, -0.05) is 60.7 Å². The number of aliphatic hydroxyl groups is 1. The Morgan fingerprint density at radius 2 is 1.75 bits per heavy atom. The van der Waals surface area contributed by atoms with Crippen molar-refractivity contribution in [3.63, 3.8) is 0 Å². The van der Waals surface area contributed by atoms with Crippen molar-refractivity contribution in [2.75, 3.05) is 44.6 Å². The lowest BCUT2D eigenvalue weighted by molar-refractivity contribution is -0.211. The Balaban J connectivity index is 1.34. The number of likely N-dealkylation sites (tertiary alicyclic amines) is 1. The molecule has 0 spiro atoms. The summed E-state index contributed by atoms with van der Waals surface area (Å²) in [6, 6.07) is 20.3. The number of rotatable bonds is 11. The van der Waals surface area contributed by atoms with E-state index in [4.69, 9.17) is 19.4 Å². The summed E-state index contributed by atoms with van der Waals surface area (Å²) in [5, 5.41) is 20.6. The fourth-order valence-electron chi connectivity index (χ4n) is 7.78. The van der Waals surface area contributed by atoms with Crippen molar-refractivity contribution >= 4 is 34.8 Å². The number of imidazole rings is 1. The SMILES string of the molecule is CCNC(=O)[C@H]1O[C@@H](n2cnc3c(NCC(c4ccccc4)c4ccccc4)nc([N+]4([C@@H]5CCNC5)CCCC4)nc32)[C@H](OC(=O)C(F)(F)F)[C@@H]1O. The first-order valence-electron chi connectivity index (χ1n) is 17.7. The lowest BCUT2D eigenvalue weighted by Crippen LogP contribution is -2.56. The molecule has 3 aliphatic heterocycles. The third kappa shape index (κ3) is 6.83. The van der Waals surface area contributed by atoms with E-state index in [2.05, 4.69) is 45.2 Å². The number of carbonyl (C=O) groups excluding carboxylic acids is 2. The second kappa shape index (κ2) is 14.8. The summed E-state index contributed by atoms with van der Waals surface area (Å²) in [5.41, 5.74) is 2.65. The average Bonchev–Trinajstić information content (AvgIpc) is 3.97. The topological polar surface area (TPSA) is 153 Å². The van der Waals surface area contributed by atoms with Crippen LogP contribution in [0.2, 0.25) is 0 Å². The third-order valence-corrected chi connectivity index (χ3v) is 10.4. The van der Waals surface area contributed by atoms with Crippen LogP contribution < -0.4 is 20.4 Å². The Labute approximate surface area is 298 Å². The minimum absolute atomic E-state index is 0.0794. The van der Waals surface area contributed by atoms with E-state index >= 15 is 0 Å². The van der Waals surface area contributed by atoms with Gasteiger partial charge in [0.2, 0.25) is 0 Å². The molecular weight excluding hydrogens is 681 g/mol. The second-order valence-electron chi connectivity index (χ2n) is 13.5. The Kier molecular flexibility index (Phi) is 10.2. The van der Waals surface area contributed by atoms with E-state index in [1.165, 1.54) is 10.9 Å². The van der Waals surface area contributed by atoms with E-state index in [0.717, 1.165) is 56.6 Å². The number of hydrogen-bond acceptors (Lipinski definition) is 10. The van der Waals surface area contributed by atoms with Crippen LogP contribution in [0.3, 0.4) is 0 Å². The molecule has 276 valence electrons. The number of aromatic nitrogens is 4. The number of ether oxygens (including phenoxy) is 2.